The normalized spacial score (nSPS) is 12.5. The number of carbonyl (C=O) groups is 1. The van der Waals surface area contributed by atoms with Crippen molar-refractivity contribution >= 4 is 6.29 Å². The highest BCUT2D eigenvalue weighted by molar-refractivity contribution is 5.88. The molecule has 0 saturated carbocycles. The first-order valence-corrected chi connectivity index (χ1v) is 9.51. The Bertz CT molecular complexity index is 1160. The smallest absolute Gasteiger partial charge is 0.152 e. The molecule has 1 heterocycles. The number of rotatable bonds is 6. The first-order valence-electron chi connectivity index (χ1n) is 9.51. The number of hydrogen-bond donors (Lipinski definition) is 0. The maximum Gasteiger partial charge on any atom is 0.152 e. The first kappa shape index (κ1) is 18.5. The second kappa shape index (κ2) is 8.47. The maximum atomic E-state index is 11.8. The number of hydrogen-bond acceptors (Lipinski definition) is 2. The fourth-order valence-corrected chi connectivity index (χ4v) is 3.44. The Morgan fingerprint density at radius 3 is 2.72 bits per heavy atom. The van der Waals surface area contributed by atoms with Crippen molar-refractivity contribution in [1.82, 2.24) is 4.57 Å². The van der Waals surface area contributed by atoms with Gasteiger partial charge in [-0.3, -0.25) is 4.79 Å². The summed E-state index contributed by atoms with van der Waals surface area (Å²) in [6, 6.07) is 19.8. The number of ether oxygens (including phenoxy) is 1. The Balaban J connectivity index is 1.70. The van der Waals surface area contributed by atoms with Gasteiger partial charge in [0, 0.05) is 22.5 Å². The topological polar surface area (TPSA) is 31.2 Å². The molecule has 0 spiro atoms. The highest BCUT2D eigenvalue weighted by atomic mass is 16.5. The highest BCUT2D eigenvalue weighted by Crippen LogP contribution is 2.32. The fourth-order valence-electron chi connectivity index (χ4n) is 3.44. The zero-order valence-electron chi connectivity index (χ0n) is 16.2. The quantitative estimate of drug-likeness (QED) is 0.397. The summed E-state index contributed by atoms with van der Waals surface area (Å²) in [7, 11) is 0. The minimum Gasteiger partial charge on any atom is -0.489 e. The molecule has 0 unspecified atom stereocenters. The summed E-state index contributed by atoms with van der Waals surface area (Å²) >= 11 is 0. The van der Waals surface area contributed by atoms with Crippen LogP contribution in [-0.4, -0.2) is 17.5 Å². The lowest BCUT2D eigenvalue weighted by Crippen LogP contribution is -2.01. The van der Waals surface area contributed by atoms with E-state index in [1.165, 1.54) is 0 Å². The van der Waals surface area contributed by atoms with Crippen molar-refractivity contribution in [2.75, 3.05) is 6.61 Å². The van der Waals surface area contributed by atoms with E-state index in [0.717, 1.165) is 40.2 Å². The molecule has 0 N–H and O–H groups in total. The van der Waals surface area contributed by atoms with Gasteiger partial charge in [0.15, 0.2) is 6.29 Å². The fraction of sp³-hybridized carbons (Fsp3) is 0.0769. The molecule has 0 atom stereocenters. The van der Waals surface area contributed by atoms with Crippen LogP contribution in [-0.2, 0) is 0 Å². The number of allylic oxidation sites excluding steroid dienone is 3. The molecular weight excluding hydrogens is 358 g/mol. The summed E-state index contributed by atoms with van der Waals surface area (Å²) in [5.74, 6) is 0.754. The van der Waals surface area contributed by atoms with Crippen molar-refractivity contribution in [3.8, 4) is 22.7 Å². The van der Waals surface area contributed by atoms with Crippen molar-refractivity contribution in [2.24, 2.45) is 0 Å². The number of aryl methyl sites for hydroxylation is 1. The number of carbonyl (C=O) groups excluding carboxylic acids is 1. The van der Waals surface area contributed by atoms with Crippen molar-refractivity contribution in [3.05, 3.63) is 114 Å². The SMILES string of the molecule is Cc1cc(C=O)c(-c2cccc(OCC3=CC=CC=C=C3)c2)n1-c1ccccc1. The summed E-state index contributed by atoms with van der Waals surface area (Å²) in [6.45, 7) is 2.46. The van der Waals surface area contributed by atoms with Gasteiger partial charge >= 0.3 is 0 Å². The molecule has 0 saturated heterocycles. The molecule has 0 bridgehead atoms. The number of aldehydes is 1. The van der Waals surface area contributed by atoms with Gasteiger partial charge in [-0.25, -0.2) is 0 Å². The van der Waals surface area contributed by atoms with E-state index < -0.39 is 0 Å². The van der Waals surface area contributed by atoms with Crippen molar-refractivity contribution < 1.29 is 9.53 Å². The lowest BCUT2D eigenvalue weighted by Gasteiger charge is -2.14. The van der Waals surface area contributed by atoms with Gasteiger partial charge in [0.25, 0.3) is 0 Å². The van der Waals surface area contributed by atoms with Crippen LogP contribution in [0.5, 0.6) is 5.75 Å². The van der Waals surface area contributed by atoms with Gasteiger partial charge in [-0.2, -0.15) is 0 Å². The largest absolute Gasteiger partial charge is 0.489 e. The Kier molecular flexibility index (Phi) is 5.42. The number of nitrogens with zero attached hydrogens (tertiary/aromatic N) is 1. The third-order valence-corrected chi connectivity index (χ3v) is 4.75. The predicted octanol–water partition coefficient (Wildman–Crippen LogP) is 5.85. The van der Waals surface area contributed by atoms with Crippen LogP contribution < -0.4 is 4.74 Å². The second-order valence-corrected chi connectivity index (χ2v) is 6.80. The number of para-hydroxylation sites is 1. The predicted molar refractivity (Wildman–Crippen MR) is 117 cm³/mol. The van der Waals surface area contributed by atoms with E-state index >= 15 is 0 Å². The molecule has 3 aromatic rings. The van der Waals surface area contributed by atoms with Crippen LogP contribution in [0, 0.1) is 6.92 Å². The van der Waals surface area contributed by atoms with Gasteiger partial charge in [-0.1, -0.05) is 48.6 Å². The van der Waals surface area contributed by atoms with Crippen LogP contribution >= 0.6 is 0 Å². The molecule has 0 fully saturated rings. The van der Waals surface area contributed by atoms with Gasteiger partial charge in [-0.15, -0.1) is 5.73 Å². The molecular formula is C26H21NO2. The van der Waals surface area contributed by atoms with Crippen molar-refractivity contribution in [2.45, 2.75) is 6.92 Å². The van der Waals surface area contributed by atoms with Gasteiger partial charge in [0.05, 0.1) is 5.69 Å². The molecule has 3 heteroatoms. The molecule has 4 rings (SSSR count). The van der Waals surface area contributed by atoms with Gasteiger partial charge < -0.3 is 9.30 Å². The molecule has 3 nitrogen and oxygen atoms in total. The molecule has 1 aliphatic carbocycles. The second-order valence-electron chi connectivity index (χ2n) is 6.80. The first-order chi connectivity index (χ1) is 14.3. The molecule has 2 aromatic carbocycles. The van der Waals surface area contributed by atoms with Crippen LogP contribution in [0.4, 0.5) is 0 Å². The van der Waals surface area contributed by atoms with E-state index in [1.54, 1.807) is 0 Å². The Morgan fingerprint density at radius 2 is 1.90 bits per heavy atom. The van der Waals surface area contributed by atoms with Crippen LogP contribution in [0.1, 0.15) is 16.1 Å². The lowest BCUT2D eigenvalue weighted by atomic mass is 10.1. The van der Waals surface area contributed by atoms with Crippen LogP contribution in [0.2, 0.25) is 0 Å². The minimum atomic E-state index is 0.452. The zero-order chi connectivity index (χ0) is 20.1. The summed E-state index contributed by atoms with van der Waals surface area (Å²) in [6.07, 6.45) is 10.6. The van der Waals surface area contributed by atoms with E-state index in [4.69, 9.17) is 4.74 Å². The molecule has 0 aliphatic heterocycles. The van der Waals surface area contributed by atoms with E-state index in [2.05, 4.69) is 10.3 Å². The van der Waals surface area contributed by atoms with Crippen LogP contribution in [0.3, 0.4) is 0 Å². The van der Waals surface area contributed by atoms with E-state index in [1.807, 2.05) is 98.0 Å². The van der Waals surface area contributed by atoms with E-state index in [0.29, 0.717) is 12.2 Å². The number of aromatic nitrogens is 1. The molecule has 0 radical (unpaired) electrons. The molecule has 1 aromatic heterocycles. The Labute approximate surface area is 170 Å². The summed E-state index contributed by atoms with van der Waals surface area (Å²) < 4.78 is 8.11. The van der Waals surface area contributed by atoms with Crippen LogP contribution in [0.25, 0.3) is 16.9 Å². The molecule has 142 valence electrons. The van der Waals surface area contributed by atoms with E-state index in [9.17, 15) is 4.79 Å². The monoisotopic (exact) mass is 379 g/mol. The maximum absolute atomic E-state index is 11.8. The minimum absolute atomic E-state index is 0.452. The summed E-state index contributed by atoms with van der Waals surface area (Å²) in [5.41, 5.74) is 8.62. The highest BCUT2D eigenvalue weighted by Gasteiger charge is 2.16. The summed E-state index contributed by atoms with van der Waals surface area (Å²) in [4.78, 5) is 11.8. The lowest BCUT2D eigenvalue weighted by molar-refractivity contribution is 0.112. The standard InChI is InChI=1S/C26H21NO2/c1-20-16-23(18-28)26(27(20)24-13-7-4-8-14-24)22-12-9-15-25(17-22)29-19-21-10-5-2-3-6-11-21/h2-5,7-18H,19H2,1H3. The average molecular weight is 379 g/mol. The average Bonchev–Trinajstić information content (AvgIpc) is 2.91. The molecule has 1 aliphatic rings. The Morgan fingerprint density at radius 1 is 1.03 bits per heavy atom. The van der Waals surface area contributed by atoms with Gasteiger partial charge in [0.2, 0.25) is 0 Å². The van der Waals surface area contributed by atoms with Crippen LogP contribution in [0.15, 0.2) is 102 Å². The number of benzene rings is 2. The zero-order valence-corrected chi connectivity index (χ0v) is 16.2. The third kappa shape index (κ3) is 4.06. The van der Waals surface area contributed by atoms with Gasteiger partial charge in [-0.05, 0) is 55.0 Å². The van der Waals surface area contributed by atoms with E-state index in [-0.39, 0.29) is 0 Å². The third-order valence-electron chi connectivity index (χ3n) is 4.75. The Hall–Kier alpha value is -3.81. The summed E-state index contributed by atoms with van der Waals surface area (Å²) in [5, 5.41) is 0. The van der Waals surface area contributed by atoms with Crippen molar-refractivity contribution in [1.29, 1.82) is 0 Å². The van der Waals surface area contributed by atoms with Crippen molar-refractivity contribution in [3.63, 3.8) is 0 Å². The molecule has 29 heavy (non-hydrogen) atoms. The molecule has 0 amide bonds. The van der Waals surface area contributed by atoms with Gasteiger partial charge in [0.1, 0.15) is 12.4 Å².